The summed E-state index contributed by atoms with van der Waals surface area (Å²) in [4.78, 5) is 2.64. The first-order valence-corrected chi connectivity index (χ1v) is 5.98. The first-order chi connectivity index (χ1) is 6.52. The fraction of sp³-hybridized carbons (Fsp3) is 1.00. The predicted octanol–water partition coefficient (Wildman–Crippen LogP) is 1.85. The summed E-state index contributed by atoms with van der Waals surface area (Å²) >= 11 is 0. The van der Waals surface area contributed by atoms with Crippen molar-refractivity contribution in [3.8, 4) is 0 Å². The van der Waals surface area contributed by atoms with E-state index >= 15 is 0 Å². The van der Waals surface area contributed by atoms with E-state index in [0.29, 0.717) is 5.92 Å². The first kappa shape index (κ1) is 10.4. The van der Waals surface area contributed by atoms with Crippen molar-refractivity contribution >= 4 is 0 Å². The third-order valence-corrected chi connectivity index (χ3v) is 4.77. The zero-order chi connectivity index (χ0) is 10.4. The van der Waals surface area contributed by atoms with Crippen molar-refractivity contribution < 1.29 is 0 Å². The minimum absolute atomic E-state index is 0.228. The Balaban J connectivity index is 2.06. The summed E-state index contributed by atoms with van der Waals surface area (Å²) in [6.07, 6.45) is 4.33. The molecule has 82 valence electrons. The van der Waals surface area contributed by atoms with Gasteiger partial charge >= 0.3 is 0 Å². The van der Waals surface area contributed by atoms with Gasteiger partial charge in [0.15, 0.2) is 0 Å². The molecule has 0 aromatic heterocycles. The number of nitrogens with two attached hydrogens (primary N) is 1. The second-order valence-corrected chi connectivity index (χ2v) is 5.89. The summed E-state index contributed by atoms with van der Waals surface area (Å²) in [5, 5.41) is 0. The van der Waals surface area contributed by atoms with Crippen LogP contribution in [-0.2, 0) is 0 Å². The summed E-state index contributed by atoms with van der Waals surface area (Å²) in [6.45, 7) is 10.3. The molecule has 1 aliphatic carbocycles. The second kappa shape index (κ2) is 3.21. The van der Waals surface area contributed by atoms with Gasteiger partial charge in [-0.25, -0.2) is 0 Å². The third-order valence-electron chi connectivity index (χ3n) is 4.77. The Hall–Kier alpha value is -0.0800. The Morgan fingerprint density at radius 2 is 2.00 bits per heavy atom. The highest BCUT2D eigenvalue weighted by Gasteiger charge is 2.51. The van der Waals surface area contributed by atoms with E-state index in [1.807, 2.05) is 0 Å². The van der Waals surface area contributed by atoms with Gasteiger partial charge < -0.3 is 5.73 Å². The lowest BCUT2D eigenvalue weighted by Crippen LogP contribution is -2.54. The van der Waals surface area contributed by atoms with E-state index in [-0.39, 0.29) is 5.54 Å². The molecule has 2 heteroatoms. The van der Waals surface area contributed by atoms with E-state index in [0.717, 1.165) is 12.0 Å². The quantitative estimate of drug-likeness (QED) is 0.746. The van der Waals surface area contributed by atoms with Crippen molar-refractivity contribution in [2.45, 2.75) is 45.6 Å². The van der Waals surface area contributed by atoms with E-state index in [9.17, 15) is 0 Å². The molecule has 0 amide bonds. The van der Waals surface area contributed by atoms with Gasteiger partial charge in [-0.05, 0) is 44.1 Å². The van der Waals surface area contributed by atoms with E-state index < -0.39 is 0 Å². The van der Waals surface area contributed by atoms with E-state index in [4.69, 9.17) is 5.73 Å². The van der Waals surface area contributed by atoms with Crippen molar-refractivity contribution in [3.63, 3.8) is 0 Å². The molecule has 1 saturated heterocycles. The molecule has 14 heavy (non-hydrogen) atoms. The van der Waals surface area contributed by atoms with Crippen molar-refractivity contribution in [1.29, 1.82) is 0 Å². The molecular weight excluding hydrogens is 172 g/mol. The zero-order valence-electron chi connectivity index (χ0n) is 9.84. The summed E-state index contributed by atoms with van der Waals surface area (Å²) < 4.78 is 0. The molecule has 2 nitrogen and oxygen atoms in total. The zero-order valence-corrected chi connectivity index (χ0v) is 9.84. The summed E-state index contributed by atoms with van der Waals surface area (Å²) in [6, 6.07) is 0. The Kier molecular flexibility index (Phi) is 2.39. The maximum Gasteiger partial charge on any atom is 0.0326 e. The fourth-order valence-corrected chi connectivity index (χ4v) is 2.69. The normalized spacial score (nSPS) is 29.8. The minimum Gasteiger partial charge on any atom is -0.329 e. The Labute approximate surface area is 87.8 Å². The molecular formula is C12H24N2. The molecule has 2 fully saturated rings. The number of hydrogen-bond acceptors (Lipinski definition) is 2. The molecule has 2 aliphatic rings. The van der Waals surface area contributed by atoms with Crippen LogP contribution in [0.1, 0.15) is 40.0 Å². The third kappa shape index (κ3) is 1.49. The van der Waals surface area contributed by atoms with Crippen LogP contribution >= 0.6 is 0 Å². The van der Waals surface area contributed by atoms with Gasteiger partial charge in [-0.3, -0.25) is 4.90 Å². The molecule has 1 spiro atoms. The Morgan fingerprint density at radius 3 is 2.36 bits per heavy atom. The molecule has 1 aliphatic heterocycles. The van der Waals surface area contributed by atoms with Gasteiger partial charge in [-0.1, -0.05) is 13.8 Å². The van der Waals surface area contributed by atoms with Gasteiger partial charge in [0.25, 0.3) is 0 Å². The highest BCUT2D eigenvalue weighted by Crippen LogP contribution is 2.54. The van der Waals surface area contributed by atoms with E-state index in [1.54, 1.807) is 0 Å². The average molecular weight is 196 g/mol. The van der Waals surface area contributed by atoms with Gasteiger partial charge in [0.2, 0.25) is 0 Å². The van der Waals surface area contributed by atoms with Crippen LogP contribution < -0.4 is 5.73 Å². The lowest BCUT2D eigenvalue weighted by Gasteiger charge is -2.41. The summed E-state index contributed by atoms with van der Waals surface area (Å²) in [5.74, 6) is 0.654. The van der Waals surface area contributed by atoms with Crippen molar-refractivity contribution in [2.75, 3.05) is 19.6 Å². The van der Waals surface area contributed by atoms with Crippen molar-refractivity contribution in [2.24, 2.45) is 17.1 Å². The van der Waals surface area contributed by atoms with Gasteiger partial charge in [-0.2, -0.15) is 0 Å². The van der Waals surface area contributed by atoms with Crippen LogP contribution in [0.5, 0.6) is 0 Å². The Bertz CT molecular complexity index is 220. The highest BCUT2D eigenvalue weighted by atomic mass is 15.2. The predicted molar refractivity (Wildman–Crippen MR) is 60.2 cm³/mol. The number of hydrogen-bond donors (Lipinski definition) is 1. The van der Waals surface area contributed by atoms with Gasteiger partial charge in [-0.15, -0.1) is 0 Å². The molecule has 2 rings (SSSR count). The van der Waals surface area contributed by atoms with Crippen molar-refractivity contribution in [3.05, 3.63) is 0 Å². The van der Waals surface area contributed by atoms with Crippen molar-refractivity contribution in [1.82, 2.24) is 4.90 Å². The highest BCUT2D eigenvalue weighted by molar-refractivity contribution is 5.05. The van der Waals surface area contributed by atoms with Gasteiger partial charge in [0.05, 0.1) is 0 Å². The molecule has 0 bridgehead atoms. The monoisotopic (exact) mass is 196 g/mol. The lowest BCUT2D eigenvalue weighted by atomic mass is 9.87. The van der Waals surface area contributed by atoms with Crippen LogP contribution in [0, 0.1) is 11.3 Å². The molecule has 1 unspecified atom stereocenters. The molecule has 1 atom stereocenters. The van der Waals surface area contributed by atoms with Crippen LogP contribution in [0.2, 0.25) is 0 Å². The van der Waals surface area contributed by atoms with Gasteiger partial charge in [0, 0.05) is 18.6 Å². The Morgan fingerprint density at radius 1 is 1.36 bits per heavy atom. The van der Waals surface area contributed by atoms with Crippen LogP contribution in [0.4, 0.5) is 0 Å². The van der Waals surface area contributed by atoms with Crippen LogP contribution in [0.25, 0.3) is 0 Å². The van der Waals surface area contributed by atoms with Crippen LogP contribution in [0.3, 0.4) is 0 Å². The maximum atomic E-state index is 5.96. The van der Waals surface area contributed by atoms with Crippen LogP contribution in [0.15, 0.2) is 0 Å². The maximum absolute atomic E-state index is 5.96. The molecule has 1 heterocycles. The summed E-state index contributed by atoms with van der Waals surface area (Å²) in [7, 11) is 0. The SMILES string of the molecule is CC(C)C(C)(CN)N1CCC2(CC2)C1. The van der Waals surface area contributed by atoms with Crippen LogP contribution in [-0.4, -0.2) is 30.1 Å². The number of likely N-dealkylation sites (tertiary alicyclic amines) is 1. The largest absolute Gasteiger partial charge is 0.329 e. The standard InChI is InChI=1S/C12H24N2/c1-10(2)11(3,8-13)14-7-6-12(9-14)4-5-12/h10H,4-9,13H2,1-3H3. The number of rotatable bonds is 3. The molecule has 1 saturated carbocycles. The van der Waals surface area contributed by atoms with Gasteiger partial charge in [0.1, 0.15) is 0 Å². The molecule has 0 aromatic carbocycles. The average Bonchev–Trinajstić information content (AvgIpc) is 2.75. The van der Waals surface area contributed by atoms with E-state index in [2.05, 4.69) is 25.7 Å². The smallest absolute Gasteiger partial charge is 0.0326 e. The second-order valence-electron chi connectivity index (χ2n) is 5.89. The fourth-order valence-electron chi connectivity index (χ4n) is 2.69. The molecule has 2 N–H and O–H groups in total. The number of nitrogens with zero attached hydrogens (tertiary/aromatic N) is 1. The van der Waals surface area contributed by atoms with E-state index in [1.165, 1.54) is 32.4 Å². The molecule has 0 radical (unpaired) electrons. The first-order valence-electron chi connectivity index (χ1n) is 5.98. The lowest BCUT2D eigenvalue weighted by molar-refractivity contribution is 0.0875. The summed E-state index contributed by atoms with van der Waals surface area (Å²) in [5.41, 5.74) is 6.91. The minimum atomic E-state index is 0.228. The topological polar surface area (TPSA) is 29.3 Å². The molecule has 0 aromatic rings.